The SMILES string of the molecule is CC(OCCCNc1nc2ccc([N+](=O)[O-])cc2s1)c1ccccc1. The minimum atomic E-state index is -0.391. The van der Waals surface area contributed by atoms with Crippen LogP contribution in [-0.2, 0) is 4.74 Å². The Balaban J connectivity index is 1.46. The molecule has 0 amide bonds. The zero-order valence-electron chi connectivity index (χ0n) is 13.8. The van der Waals surface area contributed by atoms with Crippen LogP contribution in [0.2, 0.25) is 0 Å². The fourth-order valence-electron chi connectivity index (χ4n) is 2.45. The zero-order chi connectivity index (χ0) is 17.6. The number of hydrogen-bond donors (Lipinski definition) is 1. The lowest BCUT2D eigenvalue weighted by Crippen LogP contribution is -2.07. The first kappa shape index (κ1) is 17.3. The summed E-state index contributed by atoms with van der Waals surface area (Å²) in [4.78, 5) is 14.9. The van der Waals surface area contributed by atoms with Crippen molar-refractivity contribution < 1.29 is 9.66 Å². The fourth-order valence-corrected chi connectivity index (χ4v) is 3.37. The maximum Gasteiger partial charge on any atom is 0.270 e. The summed E-state index contributed by atoms with van der Waals surface area (Å²) in [7, 11) is 0. The van der Waals surface area contributed by atoms with Gasteiger partial charge in [0.05, 0.1) is 21.2 Å². The number of hydrogen-bond acceptors (Lipinski definition) is 6. The normalized spacial score (nSPS) is 12.2. The molecular formula is C18H19N3O3S. The van der Waals surface area contributed by atoms with Crippen molar-refractivity contribution in [1.29, 1.82) is 0 Å². The number of nitrogens with one attached hydrogen (secondary N) is 1. The van der Waals surface area contributed by atoms with E-state index in [0.717, 1.165) is 28.3 Å². The Bertz CT molecular complexity index is 851. The van der Waals surface area contributed by atoms with Crippen LogP contribution in [0, 0.1) is 10.1 Å². The number of ether oxygens (including phenoxy) is 1. The van der Waals surface area contributed by atoms with Crippen LogP contribution in [-0.4, -0.2) is 23.1 Å². The van der Waals surface area contributed by atoms with Crippen LogP contribution in [0.3, 0.4) is 0 Å². The molecule has 1 atom stereocenters. The number of nitro groups is 1. The number of nitro benzene ring substituents is 1. The van der Waals surface area contributed by atoms with Gasteiger partial charge in [-0.1, -0.05) is 41.7 Å². The third-order valence-corrected chi connectivity index (χ3v) is 4.79. The van der Waals surface area contributed by atoms with Crippen molar-refractivity contribution in [3.8, 4) is 0 Å². The molecule has 1 N–H and O–H groups in total. The molecule has 3 aromatic rings. The Morgan fingerprint density at radius 2 is 2.08 bits per heavy atom. The molecule has 3 rings (SSSR count). The number of anilines is 1. The highest BCUT2D eigenvalue weighted by atomic mass is 32.1. The maximum absolute atomic E-state index is 10.8. The minimum absolute atomic E-state index is 0.0733. The van der Waals surface area contributed by atoms with E-state index in [9.17, 15) is 10.1 Å². The predicted molar refractivity (Wildman–Crippen MR) is 100 cm³/mol. The monoisotopic (exact) mass is 357 g/mol. The third kappa shape index (κ3) is 4.52. The Kier molecular flexibility index (Phi) is 5.57. The molecule has 1 heterocycles. The second kappa shape index (κ2) is 8.04. The minimum Gasteiger partial charge on any atom is -0.374 e. The quantitative estimate of drug-likeness (QED) is 0.356. The number of fused-ring (bicyclic) bond motifs is 1. The van der Waals surface area contributed by atoms with Crippen LogP contribution in [0.4, 0.5) is 10.8 Å². The molecule has 0 saturated heterocycles. The summed E-state index contributed by atoms with van der Waals surface area (Å²) in [5.74, 6) is 0. The molecule has 0 spiro atoms. The van der Waals surface area contributed by atoms with E-state index in [1.54, 1.807) is 12.1 Å². The highest BCUT2D eigenvalue weighted by Crippen LogP contribution is 2.29. The molecule has 0 saturated carbocycles. The van der Waals surface area contributed by atoms with Gasteiger partial charge < -0.3 is 10.1 Å². The highest BCUT2D eigenvalue weighted by Gasteiger charge is 2.10. The van der Waals surface area contributed by atoms with Gasteiger partial charge in [0.15, 0.2) is 5.13 Å². The summed E-state index contributed by atoms with van der Waals surface area (Å²) in [6.07, 6.45) is 0.928. The van der Waals surface area contributed by atoms with Crippen LogP contribution in [0.15, 0.2) is 48.5 Å². The van der Waals surface area contributed by atoms with Crippen molar-refractivity contribution in [3.05, 3.63) is 64.2 Å². The Hall–Kier alpha value is -2.51. The average Bonchev–Trinajstić information content (AvgIpc) is 3.03. The Labute approximate surface area is 149 Å². The lowest BCUT2D eigenvalue weighted by Gasteiger charge is -2.13. The van der Waals surface area contributed by atoms with E-state index in [0.29, 0.717) is 6.61 Å². The molecular weight excluding hydrogens is 338 g/mol. The molecule has 130 valence electrons. The van der Waals surface area contributed by atoms with Crippen molar-refractivity contribution in [2.45, 2.75) is 19.4 Å². The van der Waals surface area contributed by atoms with Crippen LogP contribution >= 0.6 is 11.3 Å². The summed E-state index contributed by atoms with van der Waals surface area (Å²) in [6, 6.07) is 14.8. The summed E-state index contributed by atoms with van der Waals surface area (Å²) < 4.78 is 6.65. The van der Waals surface area contributed by atoms with Gasteiger partial charge in [-0.3, -0.25) is 10.1 Å². The predicted octanol–water partition coefficient (Wildman–Crippen LogP) is 4.78. The Morgan fingerprint density at radius 1 is 1.28 bits per heavy atom. The molecule has 0 aliphatic heterocycles. The van der Waals surface area contributed by atoms with Crippen molar-refractivity contribution >= 4 is 32.4 Å². The van der Waals surface area contributed by atoms with Gasteiger partial charge in [0.1, 0.15) is 0 Å². The van der Waals surface area contributed by atoms with Gasteiger partial charge in [0.25, 0.3) is 5.69 Å². The molecule has 25 heavy (non-hydrogen) atoms. The van der Waals surface area contributed by atoms with Crippen molar-refractivity contribution in [3.63, 3.8) is 0 Å². The number of thiazole rings is 1. The van der Waals surface area contributed by atoms with Gasteiger partial charge in [-0.25, -0.2) is 4.98 Å². The van der Waals surface area contributed by atoms with E-state index < -0.39 is 4.92 Å². The number of aromatic nitrogens is 1. The van der Waals surface area contributed by atoms with Gasteiger partial charge in [-0.05, 0) is 25.0 Å². The number of non-ortho nitro benzene ring substituents is 1. The molecule has 1 aromatic heterocycles. The van der Waals surface area contributed by atoms with E-state index >= 15 is 0 Å². The highest BCUT2D eigenvalue weighted by molar-refractivity contribution is 7.22. The van der Waals surface area contributed by atoms with Crippen LogP contribution in [0.25, 0.3) is 10.2 Å². The van der Waals surface area contributed by atoms with Crippen LogP contribution in [0.1, 0.15) is 25.0 Å². The van der Waals surface area contributed by atoms with Crippen LogP contribution < -0.4 is 5.32 Å². The van der Waals surface area contributed by atoms with E-state index in [1.807, 2.05) is 25.1 Å². The van der Waals surface area contributed by atoms with E-state index in [4.69, 9.17) is 4.74 Å². The molecule has 0 radical (unpaired) electrons. The molecule has 0 bridgehead atoms. The number of nitrogens with zero attached hydrogens (tertiary/aromatic N) is 2. The first-order valence-electron chi connectivity index (χ1n) is 8.09. The van der Waals surface area contributed by atoms with E-state index in [2.05, 4.69) is 22.4 Å². The fraction of sp³-hybridized carbons (Fsp3) is 0.278. The second-order valence-electron chi connectivity index (χ2n) is 5.63. The lowest BCUT2D eigenvalue weighted by molar-refractivity contribution is -0.384. The van der Waals surface area contributed by atoms with Crippen LogP contribution in [0.5, 0.6) is 0 Å². The molecule has 0 fully saturated rings. The first-order chi connectivity index (χ1) is 12.1. The van der Waals surface area contributed by atoms with Gasteiger partial charge >= 0.3 is 0 Å². The number of benzene rings is 2. The molecule has 0 aliphatic carbocycles. The molecule has 0 aliphatic rings. The summed E-state index contributed by atoms with van der Waals surface area (Å²) in [5, 5.41) is 14.8. The van der Waals surface area contributed by atoms with Gasteiger partial charge in [0.2, 0.25) is 0 Å². The molecule has 1 unspecified atom stereocenters. The third-order valence-electron chi connectivity index (χ3n) is 3.82. The largest absolute Gasteiger partial charge is 0.374 e. The first-order valence-corrected chi connectivity index (χ1v) is 8.90. The van der Waals surface area contributed by atoms with Crippen molar-refractivity contribution in [1.82, 2.24) is 4.98 Å². The summed E-state index contributed by atoms with van der Waals surface area (Å²) in [5.41, 5.74) is 2.03. The molecule has 7 heteroatoms. The van der Waals surface area contributed by atoms with E-state index in [1.165, 1.54) is 23.0 Å². The summed E-state index contributed by atoms with van der Waals surface area (Å²) in [6.45, 7) is 3.44. The number of rotatable bonds is 8. The lowest BCUT2D eigenvalue weighted by atomic mass is 10.1. The zero-order valence-corrected chi connectivity index (χ0v) is 14.7. The maximum atomic E-state index is 10.8. The Morgan fingerprint density at radius 3 is 2.84 bits per heavy atom. The standard InChI is InChI=1S/C18H19N3O3S/c1-13(14-6-3-2-4-7-14)24-11-5-10-19-18-20-16-9-8-15(21(22)23)12-17(16)25-18/h2-4,6-9,12-13H,5,10-11H2,1H3,(H,19,20). The van der Waals surface area contributed by atoms with Gasteiger partial charge in [0, 0.05) is 25.3 Å². The van der Waals surface area contributed by atoms with Crippen molar-refractivity contribution in [2.75, 3.05) is 18.5 Å². The average molecular weight is 357 g/mol. The van der Waals surface area contributed by atoms with E-state index in [-0.39, 0.29) is 11.8 Å². The summed E-state index contributed by atoms with van der Waals surface area (Å²) >= 11 is 1.42. The topological polar surface area (TPSA) is 77.3 Å². The van der Waals surface area contributed by atoms with Gasteiger partial charge in [-0.15, -0.1) is 0 Å². The van der Waals surface area contributed by atoms with Crippen molar-refractivity contribution in [2.24, 2.45) is 0 Å². The van der Waals surface area contributed by atoms with Gasteiger partial charge in [-0.2, -0.15) is 0 Å². The second-order valence-corrected chi connectivity index (χ2v) is 6.66. The molecule has 2 aromatic carbocycles. The smallest absolute Gasteiger partial charge is 0.270 e. The molecule has 6 nitrogen and oxygen atoms in total.